The van der Waals surface area contributed by atoms with Gasteiger partial charge in [-0.15, -0.1) is 0 Å². The van der Waals surface area contributed by atoms with Gasteiger partial charge < -0.3 is 10.1 Å². The predicted octanol–water partition coefficient (Wildman–Crippen LogP) is 2.06. The van der Waals surface area contributed by atoms with Gasteiger partial charge in [-0.1, -0.05) is 12.8 Å². The van der Waals surface area contributed by atoms with Crippen LogP contribution in [0.1, 0.15) is 32.6 Å². The van der Waals surface area contributed by atoms with Gasteiger partial charge in [-0.25, -0.2) is 0 Å². The fraction of sp³-hybridized carbons (Fsp3) is 0.909. The first kappa shape index (κ1) is 14.8. The minimum absolute atomic E-state index is 0.179. The van der Waals surface area contributed by atoms with E-state index >= 15 is 0 Å². The van der Waals surface area contributed by atoms with Crippen molar-refractivity contribution in [3.8, 4) is 0 Å². The third-order valence-corrected chi connectivity index (χ3v) is 2.98. The summed E-state index contributed by atoms with van der Waals surface area (Å²) >= 11 is 1.90. The molecule has 0 fully saturated rings. The third-order valence-electron chi connectivity index (χ3n) is 2.28. The van der Waals surface area contributed by atoms with Gasteiger partial charge in [0.15, 0.2) is 0 Å². The van der Waals surface area contributed by atoms with E-state index in [1.807, 2.05) is 18.7 Å². The van der Waals surface area contributed by atoms with Crippen molar-refractivity contribution >= 4 is 17.7 Å². The lowest BCUT2D eigenvalue weighted by atomic mass is 10.2. The molecule has 0 rings (SSSR count). The first-order chi connectivity index (χ1) is 7.22. The quantitative estimate of drug-likeness (QED) is 0.489. The number of hydrogen-bond donors (Lipinski definition) is 1. The number of esters is 1. The van der Waals surface area contributed by atoms with Crippen LogP contribution in [0, 0.1) is 0 Å². The van der Waals surface area contributed by atoms with Crippen LogP contribution in [0.2, 0.25) is 0 Å². The van der Waals surface area contributed by atoms with Gasteiger partial charge in [0.05, 0.1) is 7.11 Å². The molecule has 0 spiro atoms. The van der Waals surface area contributed by atoms with Crippen LogP contribution < -0.4 is 5.32 Å². The predicted molar refractivity (Wildman–Crippen MR) is 66.3 cm³/mol. The van der Waals surface area contributed by atoms with E-state index < -0.39 is 0 Å². The van der Waals surface area contributed by atoms with Gasteiger partial charge in [0, 0.05) is 0 Å². The first-order valence-corrected chi connectivity index (χ1v) is 6.92. The van der Waals surface area contributed by atoms with E-state index in [0.717, 1.165) is 13.0 Å². The highest BCUT2D eigenvalue weighted by Crippen LogP contribution is 2.04. The van der Waals surface area contributed by atoms with Crippen LogP contribution in [0.15, 0.2) is 0 Å². The summed E-state index contributed by atoms with van der Waals surface area (Å²) in [6.45, 7) is 2.73. The van der Waals surface area contributed by atoms with E-state index in [0.29, 0.717) is 0 Å². The summed E-state index contributed by atoms with van der Waals surface area (Å²) in [5.41, 5.74) is 0. The Morgan fingerprint density at radius 1 is 1.33 bits per heavy atom. The van der Waals surface area contributed by atoms with Crippen molar-refractivity contribution < 1.29 is 9.53 Å². The van der Waals surface area contributed by atoms with Crippen LogP contribution in [0.5, 0.6) is 0 Å². The summed E-state index contributed by atoms with van der Waals surface area (Å²) in [5, 5.41) is 3.14. The number of methoxy groups -OCH3 is 1. The van der Waals surface area contributed by atoms with Crippen LogP contribution >= 0.6 is 11.8 Å². The van der Waals surface area contributed by atoms with Gasteiger partial charge in [0.1, 0.15) is 6.04 Å². The molecule has 0 radical (unpaired) electrons. The Morgan fingerprint density at radius 2 is 2.00 bits per heavy atom. The van der Waals surface area contributed by atoms with E-state index in [2.05, 4.69) is 16.3 Å². The molecule has 15 heavy (non-hydrogen) atoms. The number of carbonyl (C=O) groups excluding carboxylic acids is 1. The summed E-state index contributed by atoms with van der Waals surface area (Å²) in [4.78, 5) is 11.0. The fourth-order valence-corrected chi connectivity index (χ4v) is 1.80. The maximum absolute atomic E-state index is 11.0. The summed E-state index contributed by atoms with van der Waals surface area (Å²) in [5.74, 6) is 1.07. The lowest BCUT2D eigenvalue weighted by molar-refractivity contribution is -0.142. The number of unbranched alkanes of at least 4 members (excludes halogenated alkanes) is 3. The van der Waals surface area contributed by atoms with Crippen LogP contribution in [0.3, 0.4) is 0 Å². The van der Waals surface area contributed by atoms with Gasteiger partial charge in [-0.2, -0.15) is 11.8 Å². The van der Waals surface area contributed by atoms with Crippen LogP contribution in [0.25, 0.3) is 0 Å². The van der Waals surface area contributed by atoms with Crippen molar-refractivity contribution in [2.45, 2.75) is 38.6 Å². The van der Waals surface area contributed by atoms with Gasteiger partial charge in [0.2, 0.25) is 0 Å². The normalized spacial score (nSPS) is 12.5. The van der Waals surface area contributed by atoms with Crippen LogP contribution in [-0.2, 0) is 9.53 Å². The second kappa shape index (κ2) is 10.3. The Morgan fingerprint density at radius 3 is 2.60 bits per heavy atom. The fourth-order valence-electron chi connectivity index (χ4n) is 1.30. The van der Waals surface area contributed by atoms with E-state index in [1.165, 1.54) is 32.1 Å². The molecule has 0 aliphatic heterocycles. The summed E-state index contributed by atoms with van der Waals surface area (Å²) in [6, 6.07) is -0.179. The molecule has 0 heterocycles. The van der Waals surface area contributed by atoms with E-state index in [4.69, 9.17) is 0 Å². The molecular weight excluding hydrogens is 210 g/mol. The van der Waals surface area contributed by atoms with Crippen molar-refractivity contribution in [1.29, 1.82) is 0 Å². The van der Waals surface area contributed by atoms with Crippen molar-refractivity contribution in [2.24, 2.45) is 0 Å². The Kier molecular flexibility index (Phi) is 10.2. The molecule has 1 atom stereocenters. The van der Waals surface area contributed by atoms with Crippen molar-refractivity contribution in [3.05, 3.63) is 0 Å². The Labute approximate surface area is 97.3 Å². The molecule has 0 bridgehead atoms. The number of thioether (sulfide) groups is 1. The van der Waals surface area contributed by atoms with E-state index in [9.17, 15) is 4.79 Å². The summed E-state index contributed by atoms with van der Waals surface area (Å²) in [7, 11) is 1.42. The highest BCUT2D eigenvalue weighted by molar-refractivity contribution is 7.98. The van der Waals surface area contributed by atoms with Crippen molar-refractivity contribution in [1.82, 2.24) is 5.32 Å². The number of hydrogen-bond acceptors (Lipinski definition) is 4. The minimum Gasteiger partial charge on any atom is -0.468 e. The highest BCUT2D eigenvalue weighted by atomic mass is 32.2. The monoisotopic (exact) mass is 233 g/mol. The van der Waals surface area contributed by atoms with Gasteiger partial charge in [-0.05, 0) is 38.3 Å². The maximum atomic E-state index is 11.0. The second-order valence-corrected chi connectivity index (χ2v) is 4.59. The number of carbonyl (C=O) groups is 1. The molecule has 0 saturated carbocycles. The molecule has 90 valence electrons. The summed E-state index contributed by atoms with van der Waals surface area (Å²) < 4.78 is 4.62. The molecule has 1 N–H and O–H groups in total. The minimum atomic E-state index is -0.183. The molecule has 0 aliphatic carbocycles. The first-order valence-electron chi connectivity index (χ1n) is 5.52. The Balaban J connectivity index is 3.20. The van der Waals surface area contributed by atoms with Gasteiger partial charge in [-0.3, -0.25) is 4.79 Å². The average Bonchev–Trinajstić information content (AvgIpc) is 2.26. The largest absolute Gasteiger partial charge is 0.468 e. The zero-order valence-electron chi connectivity index (χ0n) is 10.0. The maximum Gasteiger partial charge on any atom is 0.322 e. The molecular formula is C11H23NO2S. The smallest absolute Gasteiger partial charge is 0.322 e. The zero-order chi connectivity index (χ0) is 11.5. The molecule has 1 unspecified atom stereocenters. The molecule has 0 aliphatic rings. The molecule has 0 aromatic carbocycles. The van der Waals surface area contributed by atoms with Crippen molar-refractivity contribution in [2.75, 3.05) is 25.7 Å². The molecule has 0 amide bonds. The lowest BCUT2D eigenvalue weighted by Crippen LogP contribution is -2.35. The van der Waals surface area contributed by atoms with Crippen LogP contribution in [-0.4, -0.2) is 37.7 Å². The van der Waals surface area contributed by atoms with Crippen molar-refractivity contribution in [3.63, 3.8) is 0 Å². The SMILES string of the molecule is COC(=O)C(C)NCCCCCCSC. The molecule has 0 saturated heterocycles. The van der Waals surface area contributed by atoms with E-state index in [-0.39, 0.29) is 12.0 Å². The average molecular weight is 233 g/mol. The van der Waals surface area contributed by atoms with Gasteiger partial charge >= 0.3 is 5.97 Å². The van der Waals surface area contributed by atoms with Crippen LogP contribution in [0.4, 0.5) is 0 Å². The topological polar surface area (TPSA) is 38.3 Å². The van der Waals surface area contributed by atoms with E-state index in [1.54, 1.807) is 0 Å². The Bertz CT molecular complexity index is 165. The summed E-state index contributed by atoms with van der Waals surface area (Å²) in [6.07, 6.45) is 7.10. The highest BCUT2D eigenvalue weighted by Gasteiger charge is 2.10. The molecule has 3 nitrogen and oxygen atoms in total. The molecule has 4 heteroatoms. The standard InChI is InChI=1S/C11H23NO2S/c1-10(11(13)14-2)12-8-6-4-5-7-9-15-3/h10,12H,4-9H2,1-3H3. The van der Waals surface area contributed by atoms with Gasteiger partial charge in [0.25, 0.3) is 0 Å². The number of ether oxygens (including phenoxy) is 1. The Hall–Kier alpha value is -0.220. The number of nitrogens with one attached hydrogen (secondary N) is 1. The molecule has 0 aromatic rings. The second-order valence-electron chi connectivity index (χ2n) is 3.61. The zero-order valence-corrected chi connectivity index (χ0v) is 10.9. The molecule has 0 aromatic heterocycles. The lowest BCUT2D eigenvalue weighted by Gasteiger charge is -2.10. The number of rotatable bonds is 9. The third kappa shape index (κ3) is 8.75.